The maximum Gasteiger partial charge on any atom is 0.240 e. The van der Waals surface area contributed by atoms with Crippen LogP contribution in [0, 0.1) is 23.7 Å². The summed E-state index contributed by atoms with van der Waals surface area (Å²) in [6, 6.07) is -0.332. The Labute approximate surface area is 114 Å². The number of nitrogens with one attached hydrogen (secondary N) is 2. The van der Waals surface area contributed by atoms with Gasteiger partial charge in [0.25, 0.3) is 0 Å². The van der Waals surface area contributed by atoms with Crippen LogP contribution in [-0.4, -0.2) is 37.6 Å². The molecule has 1 aliphatic heterocycles. The van der Waals surface area contributed by atoms with E-state index in [-0.39, 0.29) is 30.3 Å². The number of ether oxygens (including phenoxy) is 1. The number of carbonyl (C=O) groups excluding carboxylic acids is 2. The quantitative estimate of drug-likeness (QED) is 0.719. The molecule has 2 N–H and O–H groups in total. The summed E-state index contributed by atoms with van der Waals surface area (Å²) in [4.78, 5) is 23.4. The third-order valence-electron chi connectivity index (χ3n) is 3.02. The Morgan fingerprint density at radius 3 is 2.63 bits per heavy atom. The minimum atomic E-state index is -0.509. The third-order valence-corrected chi connectivity index (χ3v) is 3.02. The van der Waals surface area contributed by atoms with E-state index in [1.54, 1.807) is 20.8 Å². The van der Waals surface area contributed by atoms with E-state index >= 15 is 0 Å². The first-order valence-corrected chi connectivity index (χ1v) is 6.46. The fourth-order valence-corrected chi connectivity index (χ4v) is 1.76. The number of hydrogen-bond donors (Lipinski definition) is 2. The van der Waals surface area contributed by atoms with Gasteiger partial charge in [-0.3, -0.25) is 9.59 Å². The van der Waals surface area contributed by atoms with Gasteiger partial charge in [-0.2, -0.15) is 0 Å². The van der Waals surface area contributed by atoms with Gasteiger partial charge in [0.2, 0.25) is 11.8 Å². The van der Waals surface area contributed by atoms with Gasteiger partial charge >= 0.3 is 0 Å². The van der Waals surface area contributed by atoms with Crippen molar-refractivity contribution in [3.63, 3.8) is 0 Å². The van der Waals surface area contributed by atoms with Crippen LogP contribution < -0.4 is 10.6 Å². The van der Waals surface area contributed by atoms with Crippen LogP contribution in [0.15, 0.2) is 0 Å². The Hall–Kier alpha value is -1.54. The van der Waals surface area contributed by atoms with Crippen LogP contribution in [0.5, 0.6) is 0 Å². The van der Waals surface area contributed by atoms with Crippen LogP contribution >= 0.6 is 0 Å². The molecular weight excluding hydrogens is 244 g/mol. The Bertz CT molecular complexity index is 373. The van der Waals surface area contributed by atoms with Crippen molar-refractivity contribution in [1.29, 1.82) is 0 Å². The maximum atomic E-state index is 11.7. The maximum absolute atomic E-state index is 11.7. The molecule has 1 rings (SSSR count). The summed E-state index contributed by atoms with van der Waals surface area (Å²) >= 11 is 0. The summed E-state index contributed by atoms with van der Waals surface area (Å²) in [5, 5.41) is 5.34. The number of amides is 2. The van der Waals surface area contributed by atoms with Gasteiger partial charge in [0.05, 0.1) is 19.2 Å². The van der Waals surface area contributed by atoms with Crippen molar-refractivity contribution in [3.05, 3.63) is 0 Å². The van der Waals surface area contributed by atoms with E-state index in [9.17, 15) is 9.59 Å². The molecule has 0 aromatic rings. The molecule has 1 fully saturated rings. The highest BCUT2D eigenvalue weighted by Gasteiger charge is 2.26. The molecule has 1 aliphatic rings. The summed E-state index contributed by atoms with van der Waals surface area (Å²) in [6.07, 6.45) is 6.27. The molecule has 0 saturated carbocycles. The smallest absolute Gasteiger partial charge is 0.240 e. The number of terminal acetylenes is 1. The standard InChI is InChI=1S/C14H22N2O3/c1-5-11(10-6-7-19-9-10)16-12(17)8-15-13(18)14(2,3)4/h1,10-11H,6-9H2,2-4H3,(H,15,18)(H,16,17)/t10-,11+/m1/s1. The minimum absolute atomic E-state index is 0.0537. The molecule has 0 aromatic carbocycles. The average molecular weight is 266 g/mol. The molecule has 2 amide bonds. The Morgan fingerprint density at radius 2 is 2.16 bits per heavy atom. The van der Waals surface area contributed by atoms with E-state index in [2.05, 4.69) is 16.6 Å². The minimum Gasteiger partial charge on any atom is -0.381 e. The summed E-state index contributed by atoms with van der Waals surface area (Å²) in [5.41, 5.74) is -0.509. The molecule has 5 heteroatoms. The van der Waals surface area contributed by atoms with Gasteiger partial charge in [-0.15, -0.1) is 6.42 Å². The van der Waals surface area contributed by atoms with Crippen LogP contribution in [0.3, 0.4) is 0 Å². The van der Waals surface area contributed by atoms with Gasteiger partial charge in [0.1, 0.15) is 0 Å². The van der Waals surface area contributed by atoms with Gasteiger partial charge < -0.3 is 15.4 Å². The van der Waals surface area contributed by atoms with Crippen molar-refractivity contribution in [2.45, 2.75) is 33.2 Å². The van der Waals surface area contributed by atoms with Gasteiger partial charge in [-0.05, 0) is 6.42 Å². The molecule has 0 bridgehead atoms. The first-order chi connectivity index (χ1) is 8.84. The Balaban J connectivity index is 2.38. The summed E-state index contributed by atoms with van der Waals surface area (Å²) in [6.45, 7) is 6.58. The van der Waals surface area contributed by atoms with Crippen molar-refractivity contribution in [3.8, 4) is 12.3 Å². The second kappa shape index (κ2) is 6.58. The molecule has 19 heavy (non-hydrogen) atoms. The molecular formula is C14H22N2O3. The molecule has 2 atom stereocenters. The topological polar surface area (TPSA) is 67.4 Å². The Morgan fingerprint density at radius 1 is 1.47 bits per heavy atom. The largest absolute Gasteiger partial charge is 0.381 e. The molecule has 0 radical (unpaired) electrons. The highest BCUT2D eigenvalue weighted by molar-refractivity contribution is 5.87. The molecule has 0 spiro atoms. The number of hydrogen-bond acceptors (Lipinski definition) is 3. The van der Waals surface area contributed by atoms with E-state index in [1.807, 2.05) is 0 Å². The van der Waals surface area contributed by atoms with Crippen LogP contribution in [0.4, 0.5) is 0 Å². The first-order valence-electron chi connectivity index (χ1n) is 6.46. The summed E-state index contributed by atoms with van der Waals surface area (Å²) < 4.78 is 5.25. The zero-order chi connectivity index (χ0) is 14.5. The molecule has 5 nitrogen and oxygen atoms in total. The number of rotatable bonds is 4. The first kappa shape index (κ1) is 15.5. The second-order valence-electron chi connectivity index (χ2n) is 5.77. The SMILES string of the molecule is C#C[C@H](NC(=O)CNC(=O)C(C)(C)C)[C@@H]1CCOC1. The average Bonchev–Trinajstić information content (AvgIpc) is 2.85. The molecule has 0 aliphatic carbocycles. The van der Waals surface area contributed by atoms with Crippen LogP contribution in [-0.2, 0) is 14.3 Å². The van der Waals surface area contributed by atoms with E-state index in [0.717, 1.165) is 6.42 Å². The fraction of sp³-hybridized carbons (Fsp3) is 0.714. The van der Waals surface area contributed by atoms with E-state index in [1.165, 1.54) is 0 Å². The van der Waals surface area contributed by atoms with Crippen molar-refractivity contribution in [2.75, 3.05) is 19.8 Å². The predicted molar refractivity (Wildman–Crippen MR) is 72.2 cm³/mol. The van der Waals surface area contributed by atoms with Gasteiger partial charge in [-0.1, -0.05) is 26.7 Å². The van der Waals surface area contributed by atoms with E-state index in [4.69, 9.17) is 11.2 Å². The van der Waals surface area contributed by atoms with Gasteiger partial charge in [0, 0.05) is 17.9 Å². The van der Waals surface area contributed by atoms with Crippen LogP contribution in [0.25, 0.3) is 0 Å². The molecule has 0 aromatic heterocycles. The lowest BCUT2D eigenvalue weighted by atomic mass is 9.96. The molecule has 0 unspecified atom stereocenters. The van der Waals surface area contributed by atoms with Crippen molar-refractivity contribution >= 4 is 11.8 Å². The molecule has 1 saturated heterocycles. The highest BCUT2D eigenvalue weighted by atomic mass is 16.5. The summed E-state index contributed by atoms with van der Waals surface area (Å²) in [7, 11) is 0. The van der Waals surface area contributed by atoms with Crippen molar-refractivity contribution in [1.82, 2.24) is 10.6 Å². The van der Waals surface area contributed by atoms with Crippen molar-refractivity contribution < 1.29 is 14.3 Å². The van der Waals surface area contributed by atoms with Crippen LogP contribution in [0.2, 0.25) is 0 Å². The molecule has 106 valence electrons. The zero-order valence-corrected chi connectivity index (χ0v) is 11.8. The van der Waals surface area contributed by atoms with E-state index < -0.39 is 5.41 Å². The normalized spacial score (nSPS) is 20.4. The lowest BCUT2D eigenvalue weighted by Crippen LogP contribution is -2.46. The Kier molecular flexibility index (Phi) is 5.37. The monoisotopic (exact) mass is 266 g/mol. The zero-order valence-electron chi connectivity index (χ0n) is 11.8. The molecule has 1 heterocycles. The lowest BCUT2D eigenvalue weighted by molar-refractivity contribution is -0.131. The number of carbonyl (C=O) groups is 2. The van der Waals surface area contributed by atoms with Crippen LogP contribution in [0.1, 0.15) is 27.2 Å². The lowest BCUT2D eigenvalue weighted by Gasteiger charge is -2.20. The highest BCUT2D eigenvalue weighted by Crippen LogP contribution is 2.16. The third kappa shape index (κ3) is 4.92. The van der Waals surface area contributed by atoms with Gasteiger partial charge in [0.15, 0.2) is 0 Å². The fourth-order valence-electron chi connectivity index (χ4n) is 1.76. The summed E-state index contributed by atoms with van der Waals surface area (Å²) in [5.74, 6) is 2.29. The predicted octanol–water partition coefficient (Wildman–Crippen LogP) is 0.303. The second-order valence-corrected chi connectivity index (χ2v) is 5.77. The van der Waals surface area contributed by atoms with Crippen molar-refractivity contribution in [2.24, 2.45) is 11.3 Å². The van der Waals surface area contributed by atoms with Gasteiger partial charge in [-0.25, -0.2) is 0 Å². The van der Waals surface area contributed by atoms with E-state index in [0.29, 0.717) is 13.2 Å².